The summed E-state index contributed by atoms with van der Waals surface area (Å²) >= 11 is 9.28. The summed E-state index contributed by atoms with van der Waals surface area (Å²) in [6.07, 6.45) is 2.04. The van der Waals surface area contributed by atoms with Gasteiger partial charge in [-0.15, -0.1) is 0 Å². The van der Waals surface area contributed by atoms with E-state index in [0.717, 1.165) is 42.3 Å². The second-order valence-corrected chi connectivity index (χ2v) is 7.80. The first-order valence-electron chi connectivity index (χ1n) is 9.66. The third-order valence-corrected chi connectivity index (χ3v) is 5.03. The van der Waals surface area contributed by atoms with Crippen molar-refractivity contribution in [2.75, 3.05) is 31.6 Å². The van der Waals surface area contributed by atoms with Gasteiger partial charge in [-0.2, -0.15) is 0 Å². The number of unbranched alkanes of at least 4 members (excludes halogenated alkanes) is 1. The number of rotatable bonds is 13. The van der Waals surface area contributed by atoms with Crippen LogP contribution in [-0.4, -0.2) is 42.7 Å². The minimum Gasteiger partial charge on any atom is -0.482 e. The molecule has 0 aromatic heterocycles. The monoisotopic (exact) mass is 483 g/mol. The van der Waals surface area contributed by atoms with E-state index in [1.54, 1.807) is 12.1 Å². The molecule has 0 heterocycles. The molecule has 2 aromatic carbocycles. The minimum absolute atomic E-state index is 0.0867. The Morgan fingerprint density at radius 1 is 1.17 bits per heavy atom. The molecule has 5 nitrogen and oxygen atoms in total. The quantitative estimate of drug-likeness (QED) is 0.252. The summed E-state index contributed by atoms with van der Waals surface area (Å²) in [4.78, 5) is 11.6. The molecule has 0 saturated heterocycles. The SMILES string of the molecule is O=C(COc1ccc(CCNCC(O)c2cccc(Cl)c2)cc1)OCCCCBr. The van der Waals surface area contributed by atoms with Crippen LogP contribution >= 0.6 is 27.5 Å². The maximum Gasteiger partial charge on any atom is 0.344 e. The van der Waals surface area contributed by atoms with Gasteiger partial charge in [0.15, 0.2) is 6.61 Å². The Labute approximate surface area is 185 Å². The van der Waals surface area contributed by atoms with Gasteiger partial charge in [-0.1, -0.05) is 51.8 Å². The number of halogens is 2. The molecule has 0 radical (unpaired) electrons. The molecule has 1 atom stereocenters. The molecular weight excluding hydrogens is 458 g/mol. The van der Waals surface area contributed by atoms with Crippen molar-refractivity contribution in [2.24, 2.45) is 0 Å². The lowest BCUT2D eigenvalue weighted by Crippen LogP contribution is -2.23. The van der Waals surface area contributed by atoms with E-state index in [1.807, 2.05) is 36.4 Å². The maximum atomic E-state index is 11.6. The van der Waals surface area contributed by atoms with Gasteiger partial charge in [0.25, 0.3) is 0 Å². The first-order chi connectivity index (χ1) is 14.1. The fraction of sp³-hybridized carbons (Fsp3) is 0.409. The van der Waals surface area contributed by atoms with Crippen LogP contribution in [0.15, 0.2) is 48.5 Å². The second-order valence-electron chi connectivity index (χ2n) is 6.57. The lowest BCUT2D eigenvalue weighted by molar-refractivity contribution is -0.146. The number of carbonyl (C=O) groups excluding carboxylic acids is 1. The lowest BCUT2D eigenvalue weighted by atomic mass is 10.1. The Kier molecular flexibility index (Phi) is 11.1. The highest BCUT2D eigenvalue weighted by atomic mass is 79.9. The Balaban J connectivity index is 1.63. The molecule has 2 rings (SSSR count). The lowest BCUT2D eigenvalue weighted by Gasteiger charge is -2.12. The van der Waals surface area contributed by atoms with E-state index in [9.17, 15) is 9.90 Å². The highest BCUT2D eigenvalue weighted by Crippen LogP contribution is 2.17. The van der Waals surface area contributed by atoms with Gasteiger partial charge in [0.1, 0.15) is 5.75 Å². The molecule has 0 saturated carbocycles. The van der Waals surface area contributed by atoms with Gasteiger partial charge in [-0.3, -0.25) is 0 Å². The molecule has 0 bridgehead atoms. The number of hydrogen-bond acceptors (Lipinski definition) is 5. The molecule has 0 aliphatic carbocycles. The Morgan fingerprint density at radius 2 is 1.97 bits per heavy atom. The molecule has 0 aliphatic heterocycles. The number of ether oxygens (including phenoxy) is 2. The molecule has 0 aliphatic rings. The average molecular weight is 485 g/mol. The third kappa shape index (κ3) is 9.63. The van der Waals surface area contributed by atoms with Crippen LogP contribution in [0.5, 0.6) is 5.75 Å². The van der Waals surface area contributed by atoms with Gasteiger partial charge in [-0.25, -0.2) is 4.79 Å². The number of esters is 1. The number of nitrogens with one attached hydrogen (secondary N) is 1. The zero-order valence-electron chi connectivity index (χ0n) is 16.3. The number of hydrogen-bond donors (Lipinski definition) is 2. The van der Waals surface area contributed by atoms with E-state index >= 15 is 0 Å². The van der Waals surface area contributed by atoms with Crippen molar-refractivity contribution >= 4 is 33.5 Å². The van der Waals surface area contributed by atoms with Crippen molar-refractivity contribution in [1.82, 2.24) is 5.32 Å². The topological polar surface area (TPSA) is 67.8 Å². The van der Waals surface area contributed by atoms with Crippen molar-refractivity contribution in [1.29, 1.82) is 0 Å². The van der Waals surface area contributed by atoms with Crippen LogP contribution < -0.4 is 10.1 Å². The fourth-order valence-corrected chi connectivity index (χ4v) is 3.22. The Hall–Kier alpha value is -1.60. The number of carbonyl (C=O) groups is 1. The summed E-state index contributed by atoms with van der Waals surface area (Å²) in [6.45, 7) is 1.53. The number of aliphatic hydroxyl groups is 1. The van der Waals surface area contributed by atoms with E-state index in [0.29, 0.717) is 23.9 Å². The van der Waals surface area contributed by atoms with Crippen LogP contribution in [0.1, 0.15) is 30.1 Å². The van der Waals surface area contributed by atoms with E-state index in [-0.39, 0.29) is 12.6 Å². The summed E-state index contributed by atoms with van der Waals surface area (Å²) in [7, 11) is 0. The first kappa shape index (κ1) is 23.7. The number of alkyl halides is 1. The summed E-state index contributed by atoms with van der Waals surface area (Å²) in [5.74, 6) is 0.279. The molecule has 29 heavy (non-hydrogen) atoms. The molecule has 2 aromatic rings. The van der Waals surface area contributed by atoms with Gasteiger partial charge in [-0.05, 0) is 61.2 Å². The van der Waals surface area contributed by atoms with Crippen molar-refractivity contribution < 1.29 is 19.4 Å². The average Bonchev–Trinajstić information content (AvgIpc) is 2.73. The Morgan fingerprint density at radius 3 is 2.69 bits per heavy atom. The van der Waals surface area contributed by atoms with Crippen LogP contribution in [0.25, 0.3) is 0 Å². The minimum atomic E-state index is -0.594. The highest BCUT2D eigenvalue weighted by Gasteiger charge is 2.07. The molecule has 0 fully saturated rings. The maximum absolute atomic E-state index is 11.6. The fourth-order valence-electron chi connectivity index (χ4n) is 2.62. The normalized spacial score (nSPS) is 11.8. The standard InChI is InChI=1S/C22H27BrClNO4/c23-11-1-2-13-28-22(27)16-29-20-8-6-17(7-9-20)10-12-25-15-21(26)18-4-3-5-19(24)14-18/h3-9,14,21,25-26H,1-2,10-13,15-16H2. The van der Waals surface area contributed by atoms with Crippen LogP contribution in [0.4, 0.5) is 0 Å². The molecular formula is C22H27BrClNO4. The van der Waals surface area contributed by atoms with Crippen LogP contribution in [0, 0.1) is 0 Å². The summed E-state index contributed by atoms with van der Waals surface area (Å²) < 4.78 is 10.5. The van der Waals surface area contributed by atoms with E-state index < -0.39 is 6.10 Å². The van der Waals surface area contributed by atoms with Crippen molar-refractivity contribution in [3.63, 3.8) is 0 Å². The van der Waals surface area contributed by atoms with Gasteiger partial charge in [0, 0.05) is 16.9 Å². The smallest absolute Gasteiger partial charge is 0.344 e. The van der Waals surface area contributed by atoms with Crippen molar-refractivity contribution in [3.05, 3.63) is 64.7 Å². The zero-order chi connectivity index (χ0) is 20.9. The number of aliphatic hydroxyl groups excluding tert-OH is 1. The molecule has 2 N–H and O–H groups in total. The number of benzene rings is 2. The van der Waals surface area contributed by atoms with Gasteiger partial charge < -0.3 is 19.9 Å². The summed E-state index contributed by atoms with van der Waals surface area (Å²) in [5, 5.41) is 15.0. The van der Waals surface area contributed by atoms with Crippen molar-refractivity contribution in [2.45, 2.75) is 25.4 Å². The van der Waals surface area contributed by atoms with Gasteiger partial charge in [0.2, 0.25) is 0 Å². The molecule has 1 unspecified atom stereocenters. The van der Waals surface area contributed by atoms with Crippen LogP contribution in [0.3, 0.4) is 0 Å². The van der Waals surface area contributed by atoms with E-state index in [2.05, 4.69) is 21.2 Å². The predicted molar refractivity (Wildman–Crippen MR) is 119 cm³/mol. The second kappa shape index (κ2) is 13.6. The Bertz CT molecular complexity index is 742. The van der Waals surface area contributed by atoms with Crippen LogP contribution in [0.2, 0.25) is 5.02 Å². The highest BCUT2D eigenvalue weighted by molar-refractivity contribution is 9.09. The first-order valence-corrected chi connectivity index (χ1v) is 11.2. The van der Waals surface area contributed by atoms with Gasteiger partial charge in [0.05, 0.1) is 12.7 Å². The van der Waals surface area contributed by atoms with Crippen LogP contribution in [-0.2, 0) is 16.0 Å². The molecule has 7 heteroatoms. The zero-order valence-corrected chi connectivity index (χ0v) is 18.6. The molecule has 0 amide bonds. The molecule has 0 spiro atoms. The largest absolute Gasteiger partial charge is 0.482 e. The van der Waals surface area contributed by atoms with E-state index in [1.165, 1.54) is 0 Å². The van der Waals surface area contributed by atoms with Crippen molar-refractivity contribution in [3.8, 4) is 5.75 Å². The van der Waals surface area contributed by atoms with E-state index in [4.69, 9.17) is 21.1 Å². The van der Waals surface area contributed by atoms with Gasteiger partial charge >= 0.3 is 5.97 Å². The summed E-state index contributed by atoms with van der Waals surface area (Å²) in [6, 6.07) is 14.9. The predicted octanol–water partition coefficient (Wildman–Crippen LogP) is 4.30. The third-order valence-electron chi connectivity index (χ3n) is 4.23. The molecule has 158 valence electrons. The summed E-state index contributed by atoms with van der Waals surface area (Å²) in [5.41, 5.74) is 1.94.